The molecule has 0 bridgehead atoms. The topological polar surface area (TPSA) is 49.8 Å². The molecule has 2 rings (SSSR count). The predicted octanol–water partition coefficient (Wildman–Crippen LogP) is 1.25. The van der Waals surface area contributed by atoms with Crippen LogP contribution in [0.15, 0.2) is 18.2 Å². The maximum absolute atomic E-state index is 13.0. The van der Waals surface area contributed by atoms with Gasteiger partial charge < -0.3 is 9.84 Å². The van der Waals surface area contributed by atoms with Gasteiger partial charge in [-0.05, 0) is 17.7 Å². The first-order valence-corrected chi connectivity index (χ1v) is 5.56. The van der Waals surface area contributed by atoms with E-state index in [-0.39, 0.29) is 13.2 Å². The van der Waals surface area contributed by atoms with Gasteiger partial charge in [0.05, 0.1) is 13.2 Å². The molecule has 1 heterocycles. The van der Waals surface area contributed by atoms with Crippen molar-refractivity contribution in [2.75, 3.05) is 19.8 Å². The van der Waals surface area contributed by atoms with Crippen LogP contribution in [0.1, 0.15) is 5.56 Å². The summed E-state index contributed by atoms with van der Waals surface area (Å²) in [5.41, 5.74) is 0.417. The van der Waals surface area contributed by atoms with Gasteiger partial charge in [0, 0.05) is 19.2 Å². The molecule has 1 aliphatic rings. The fourth-order valence-corrected chi connectivity index (χ4v) is 1.99. The van der Waals surface area contributed by atoms with Crippen molar-refractivity contribution in [1.82, 2.24) is 4.90 Å². The molecule has 1 fully saturated rings. The van der Waals surface area contributed by atoms with Crippen LogP contribution in [0.25, 0.3) is 0 Å². The van der Waals surface area contributed by atoms with Gasteiger partial charge in [-0.25, -0.2) is 8.78 Å². The second kappa shape index (κ2) is 5.41. The Labute approximate surface area is 103 Å². The molecule has 0 saturated carbocycles. The number of hydrogen-bond acceptors (Lipinski definition) is 3. The van der Waals surface area contributed by atoms with Crippen LogP contribution in [0.3, 0.4) is 0 Å². The van der Waals surface area contributed by atoms with Crippen LogP contribution in [0, 0.1) is 11.6 Å². The van der Waals surface area contributed by atoms with Crippen LogP contribution >= 0.6 is 0 Å². The molecule has 0 radical (unpaired) electrons. The van der Waals surface area contributed by atoms with E-state index in [1.807, 2.05) is 0 Å². The molecule has 18 heavy (non-hydrogen) atoms. The molecule has 1 aromatic carbocycles. The third-order valence-electron chi connectivity index (χ3n) is 2.83. The molecule has 98 valence electrons. The second-order valence-electron chi connectivity index (χ2n) is 4.18. The van der Waals surface area contributed by atoms with Crippen LogP contribution in [0.2, 0.25) is 0 Å². The standard InChI is InChI=1S/C12H13F2NO3/c13-9-3-8(4-10(14)5-9)6-15-1-2-18-7-11(15)12(16)17/h3-5,11H,1-2,6-7H2,(H,16,17). The zero-order valence-corrected chi connectivity index (χ0v) is 9.60. The highest BCUT2D eigenvalue weighted by Gasteiger charge is 2.29. The molecule has 0 aromatic heterocycles. The number of carbonyl (C=O) groups is 1. The van der Waals surface area contributed by atoms with Crippen molar-refractivity contribution in [1.29, 1.82) is 0 Å². The van der Waals surface area contributed by atoms with E-state index in [9.17, 15) is 13.6 Å². The van der Waals surface area contributed by atoms with E-state index in [1.165, 1.54) is 12.1 Å². The summed E-state index contributed by atoms with van der Waals surface area (Å²) < 4.78 is 31.2. The summed E-state index contributed by atoms with van der Waals surface area (Å²) in [5.74, 6) is -2.32. The van der Waals surface area contributed by atoms with Crippen LogP contribution < -0.4 is 0 Å². The van der Waals surface area contributed by atoms with E-state index in [2.05, 4.69) is 0 Å². The third kappa shape index (κ3) is 3.02. The smallest absolute Gasteiger partial charge is 0.323 e. The van der Waals surface area contributed by atoms with E-state index in [0.29, 0.717) is 18.7 Å². The van der Waals surface area contributed by atoms with Crippen molar-refractivity contribution in [3.05, 3.63) is 35.4 Å². The van der Waals surface area contributed by atoms with Gasteiger partial charge in [-0.1, -0.05) is 0 Å². The van der Waals surface area contributed by atoms with E-state index in [4.69, 9.17) is 9.84 Å². The number of carboxylic acid groups (broad SMARTS) is 1. The highest BCUT2D eigenvalue weighted by atomic mass is 19.1. The average Bonchev–Trinajstić information content (AvgIpc) is 2.27. The van der Waals surface area contributed by atoms with E-state index in [0.717, 1.165) is 6.07 Å². The SMILES string of the molecule is O=C(O)C1COCCN1Cc1cc(F)cc(F)c1. The number of morpholine rings is 1. The van der Waals surface area contributed by atoms with E-state index in [1.54, 1.807) is 4.90 Å². The molecule has 1 atom stereocenters. The maximum atomic E-state index is 13.0. The Morgan fingerprint density at radius 2 is 2.06 bits per heavy atom. The minimum absolute atomic E-state index is 0.0904. The summed E-state index contributed by atoms with van der Waals surface area (Å²) in [6, 6.07) is 2.43. The molecule has 4 nitrogen and oxygen atoms in total. The fourth-order valence-electron chi connectivity index (χ4n) is 1.99. The van der Waals surface area contributed by atoms with Gasteiger partial charge in [0.15, 0.2) is 0 Å². The Bertz CT molecular complexity index is 433. The lowest BCUT2D eigenvalue weighted by molar-refractivity contribution is -0.150. The molecule has 0 spiro atoms. The first kappa shape index (κ1) is 12.9. The molecule has 0 amide bonds. The van der Waals surface area contributed by atoms with Crippen molar-refractivity contribution in [3.63, 3.8) is 0 Å². The van der Waals surface area contributed by atoms with Gasteiger partial charge in [0.25, 0.3) is 0 Å². The number of hydrogen-bond donors (Lipinski definition) is 1. The lowest BCUT2D eigenvalue weighted by Crippen LogP contribution is -2.49. The fraction of sp³-hybridized carbons (Fsp3) is 0.417. The van der Waals surface area contributed by atoms with Gasteiger partial charge in [-0.3, -0.25) is 9.69 Å². The number of ether oxygens (including phenoxy) is 1. The van der Waals surface area contributed by atoms with E-state index >= 15 is 0 Å². The monoisotopic (exact) mass is 257 g/mol. The Hall–Kier alpha value is -1.53. The number of carboxylic acids is 1. The molecular formula is C12H13F2NO3. The highest BCUT2D eigenvalue weighted by Crippen LogP contribution is 2.15. The number of nitrogens with zero attached hydrogens (tertiary/aromatic N) is 1. The largest absolute Gasteiger partial charge is 0.480 e. The first-order valence-electron chi connectivity index (χ1n) is 5.56. The molecular weight excluding hydrogens is 244 g/mol. The lowest BCUT2D eigenvalue weighted by Gasteiger charge is -2.32. The molecule has 1 N–H and O–H groups in total. The summed E-state index contributed by atoms with van der Waals surface area (Å²) in [6.45, 7) is 1.12. The summed E-state index contributed by atoms with van der Waals surface area (Å²) in [7, 11) is 0. The minimum atomic E-state index is -0.994. The summed E-state index contributed by atoms with van der Waals surface area (Å²) >= 11 is 0. The van der Waals surface area contributed by atoms with Crippen molar-refractivity contribution in [2.24, 2.45) is 0 Å². The van der Waals surface area contributed by atoms with Gasteiger partial charge in [0.1, 0.15) is 17.7 Å². The van der Waals surface area contributed by atoms with Crippen molar-refractivity contribution in [3.8, 4) is 0 Å². The Balaban J connectivity index is 2.13. The van der Waals surface area contributed by atoms with E-state index < -0.39 is 23.6 Å². The van der Waals surface area contributed by atoms with Gasteiger partial charge in [-0.2, -0.15) is 0 Å². The molecule has 6 heteroatoms. The van der Waals surface area contributed by atoms with Crippen molar-refractivity contribution >= 4 is 5.97 Å². The summed E-state index contributed by atoms with van der Waals surface area (Å²) in [5, 5.41) is 9.03. The van der Waals surface area contributed by atoms with Crippen molar-refractivity contribution < 1.29 is 23.4 Å². The Morgan fingerprint density at radius 1 is 1.39 bits per heavy atom. The normalized spacial score (nSPS) is 20.9. The molecule has 1 saturated heterocycles. The zero-order valence-electron chi connectivity index (χ0n) is 9.60. The highest BCUT2D eigenvalue weighted by molar-refractivity contribution is 5.73. The van der Waals surface area contributed by atoms with Crippen LogP contribution in [-0.2, 0) is 16.1 Å². The predicted molar refractivity (Wildman–Crippen MR) is 59.0 cm³/mol. The maximum Gasteiger partial charge on any atom is 0.323 e. The van der Waals surface area contributed by atoms with Crippen LogP contribution in [-0.4, -0.2) is 41.8 Å². The Kier molecular flexibility index (Phi) is 3.88. The summed E-state index contributed by atoms with van der Waals surface area (Å²) in [4.78, 5) is 12.7. The molecule has 0 aliphatic carbocycles. The Morgan fingerprint density at radius 3 is 2.67 bits per heavy atom. The van der Waals surface area contributed by atoms with Gasteiger partial charge in [-0.15, -0.1) is 0 Å². The third-order valence-corrected chi connectivity index (χ3v) is 2.83. The van der Waals surface area contributed by atoms with Crippen LogP contribution in [0.4, 0.5) is 8.78 Å². The molecule has 1 aliphatic heterocycles. The first-order chi connectivity index (χ1) is 8.56. The molecule has 1 aromatic rings. The second-order valence-corrected chi connectivity index (χ2v) is 4.18. The van der Waals surface area contributed by atoms with Crippen LogP contribution in [0.5, 0.6) is 0 Å². The van der Waals surface area contributed by atoms with Gasteiger partial charge >= 0.3 is 5.97 Å². The number of aliphatic carboxylic acids is 1. The van der Waals surface area contributed by atoms with Gasteiger partial charge in [0.2, 0.25) is 0 Å². The van der Waals surface area contributed by atoms with Crippen molar-refractivity contribution in [2.45, 2.75) is 12.6 Å². The summed E-state index contributed by atoms with van der Waals surface area (Å²) in [6.07, 6.45) is 0. The minimum Gasteiger partial charge on any atom is -0.480 e. The lowest BCUT2D eigenvalue weighted by atomic mass is 10.1. The average molecular weight is 257 g/mol. The molecule has 1 unspecified atom stereocenters. The number of rotatable bonds is 3. The quantitative estimate of drug-likeness (QED) is 0.885. The number of benzene rings is 1. The number of halogens is 2. The zero-order chi connectivity index (χ0) is 13.1.